The Hall–Kier alpha value is -1.48. The summed E-state index contributed by atoms with van der Waals surface area (Å²) in [4.78, 5) is 0. The SMILES string of the molecule is COc1ccc(CC(C)N)cc1OCC=C(C)C. The van der Waals surface area contributed by atoms with Gasteiger partial charge in [-0.25, -0.2) is 0 Å². The van der Waals surface area contributed by atoms with E-state index in [2.05, 4.69) is 0 Å². The minimum Gasteiger partial charge on any atom is -0.493 e. The highest BCUT2D eigenvalue weighted by Crippen LogP contribution is 2.28. The Balaban J connectivity index is 2.81. The molecule has 0 amide bonds. The molecule has 0 fully saturated rings. The van der Waals surface area contributed by atoms with E-state index in [4.69, 9.17) is 15.2 Å². The molecule has 1 aromatic carbocycles. The summed E-state index contributed by atoms with van der Waals surface area (Å²) in [6.07, 6.45) is 2.88. The van der Waals surface area contributed by atoms with Gasteiger partial charge in [-0.1, -0.05) is 11.6 Å². The lowest BCUT2D eigenvalue weighted by molar-refractivity contribution is 0.325. The molecule has 0 aliphatic rings. The molecule has 0 aliphatic heterocycles. The molecule has 0 radical (unpaired) electrons. The van der Waals surface area contributed by atoms with Gasteiger partial charge >= 0.3 is 0 Å². The Bertz CT molecular complexity index is 407. The topological polar surface area (TPSA) is 44.5 Å². The molecule has 0 aliphatic carbocycles. The molecule has 3 heteroatoms. The lowest BCUT2D eigenvalue weighted by Gasteiger charge is -2.12. The summed E-state index contributed by atoms with van der Waals surface area (Å²) >= 11 is 0. The van der Waals surface area contributed by atoms with E-state index in [-0.39, 0.29) is 6.04 Å². The molecule has 1 unspecified atom stereocenters. The summed E-state index contributed by atoms with van der Waals surface area (Å²) in [5.74, 6) is 1.53. The Morgan fingerprint density at radius 3 is 2.61 bits per heavy atom. The van der Waals surface area contributed by atoms with Gasteiger partial charge in [-0.05, 0) is 51.0 Å². The van der Waals surface area contributed by atoms with Gasteiger partial charge in [0.15, 0.2) is 11.5 Å². The van der Waals surface area contributed by atoms with Crippen molar-refractivity contribution in [3.63, 3.8) is 0 Å². The molecule has 3 nitrogen and oxygen atoms in total. The van der Waals surface area contributed by atoms with E-state index in [0.717, 1.165) is 23.5 Å². The van der Waals surface area contributed by atoms with Crippen LogP contribution in [0.2, 0.25) is 0 Å². The predicted octanol–water partition coefficient (Wildman–Crippen LogP) is 2.93. The Morgan fingerprint density at radius 1 is 1.33 bits per heavy atom. The van der Waals surface area contributed by atoms with Crippen LogP contribution >= 0.6 is 0 Å². The van der Waals surface area contributed by atoms with E-state index in [1.807, 2.05) is 45.0 Å². The van der Waals surface area contributed by atoms with Crippen LogP contribution in [0, 0.1) is 0 Å². The number of ether oxygens (including phenoxy) is 2. The number of rotatable bonds is 6. The summed E-state index contributed by atoms with van der Waals surface area (Å²) in [6.45, 7) is 6.65. The van der Waals surface area contributed by atoms with Crippen LogP contribution < -0.4 is 15.2 Å². The van der Waals surface area contributed by atoms with Crippen LogP contribution in [0.5, 0.6) is 11.5 Å². The molecule has 0 spiro atoms. The van der Waals surface area contributed by atoms with Gasteiger partial charge in [0.2, 0.25) is 0 Å². The highest BCUT2D eigenvalue weighted by atomic mass is 16.5. The molecule has 1 aromatic rings. The van der Waals surface area contributed by atoms with Crippen molar-refractivity contribution in [1.29, 1.82) is 0 Å². The van der Waals surface area contributed by atoms with Gasteiger partial charge in [0.25, 0.3) is 0 Å². The summed E-state index contributed by atoms with van der Waals surface area (Å²) in [5.41, 5.74) is 8.20. The second-order valence-corrected chi connectivity index (χ2v) is 4.76. The maximum Gasteiger partial charge on any atom is 0.161 e. The smallest absolute Gasteiger partial charge is 0.161 e. The molecule has 0 bridgehead atoms. The van der Waals surface area contributed by atoms with Crippen molar-refractivity contribution >= 4 is 0 Å². The van der Waals surface area contributed by atoms with Crippen LogP contribution in [0.25, 0.3) is 0 Å². The first-order valence-corrected chi connectivity index (χ1v) is 6.21. The maximum atomic E-state index is 5.80. The highest BCUT2D eigenvalue weighted by Gasteiger charge is 2.06. The van der Waals surface area contributed by atoms with Crippen LogP contribution in [0.1, 0.15) is 26.3 Å². The molecule has 0 heterocycles. The number of hydrogen-bond donors (Lipinski definition) is 1. The van der Waals surface area contributed by atoms with Crippen LogP contribution in [0.3, 0.4) is 0 Å². The van der Waals surface area contributed by atoms with Crippen molar-refractivity contribution in [3.05, 3.63) is 35.4 Å². The Morgan fingerprint density at radius 2 is 2.06 bits per heavy atom. The summed E-state index contributed by atoms with van der Waals surface area (Å²) in [6, 6.07) is 6.09. The molecule has 18 heavy (non-hydrogen) atoms. The molecule has 100 valence electrons. The van der Waals surface area contributed by atoms with Crippen LogP contribution in [-0.4, -0.2) is 19.8 Å². The third-order valence-corrected chi connectivity index (χ3v) is 2.52. The zero-order valence-electron chi connectivity index (χ0n) is 11.7. The second kappa shape index (κ2) is 7.07. The molecular formula is C15H23NO2. The first kappa shape index (κ1) is 14.6. The number of nitrogens with two attached hydrogens (primary N) is 1. The average molecular weight is 249 g/mol. The third-order valence-electron chi connectivity index (χ3n) is 2.52. The van der Waals surface area contributed by atoms with Crippen molar-refractivity contribution in [1.82, 2.24) is 0 Å². The van der Waals surface area contributed by atoms with E-state index >= 15 is 0 Å². The fourth-order valence-electron chi connectivity index (χ4n) is 1.63. The van der Waals surface area contributed by atoms with Crippen molar-refractivity contribution in [2.75, 3.05) is 13.7 Å². The lowest BCUT2D eigenvalue weighted by atomic mass is 10.1. The van der Waals surface area contributed by atoms with Crippen molar-refractivity contribution in [3.8, 4) is 11.5 Å². The zero-order valence-corrected chi connectivity index (χ0v) is 11.7. The fourth-order valence-corrected chi connectivity index (χ4v) is 1.63. The third kappa shape index (κ3) is 4.80. The molecular weight excluding hydrogens is 226 g/mol. The van der Waals surface area contributed by atoms with Crippen LogP contribution in [-0.2, 0) is 6.42 Å². The molecule has 0 aromatic heterocycles. The molecule has 2 N–H and O–H groups in total. The minimum absolute atomic E-state index is 0.143. The number of benzene rings is 1. The first-order chi connectivity index (χ1) is 8.52. The first-order valence-electron chi connectivity index (χ1n) is 6.21. The van der Waals surface area contributed by atoms with Crippen LogP contribution in [0.15, 0.2) is 29.8 Å². The standard InChI is InChI=1S/C15H23NO2/c1-11(2)7-8-18-15-10-13(9-12(3)16)5-6-14(15)17-4/h5-7,10,12H,8-9,16H2,1-4H3. The van der Waals surface area contributed by atoms with E-state index in [1.54, 1.807) is 7.11 Å². The zero-order chi connectivity index (χ0) is 13.5. The summed E-state index contributed by atoms with van der Waals surface area (Å²) in [7, 11) is 1.65. The Kier molecular flexibility index (Phi) is 5.72. The van der Waals surface area contributed by atoms with Crippen molar-refractivity contribution in [2.45, 2.75) is 33.2 Å². The average Bonchev–Trinajstić information content (AvgIpc) is 2.28. The normalized spacial score (nSPS) is 11.8. The van der Waals surface area contributed by atoms with Gasteiger partial charge in [-0.2, -0.15) is 0 Å². The predicted molar refractivity (Wildman–Crippen MR) is 75.3 cm³/mol. The van der Waals surface area contributed by atoms with Gasteiger partial charge in [0.05, 0.1) is 7.11 Å². The second-order valence-electron chi connectivity index (χ2n) is 4.76. The lowest BCUT2D eigenvalue weighted by Crippen LogP contribution is -2.17. The van der Waals surface area contributed by atoms with Gasteiger partial charge in [-0.15, -0.1) is 0 Å². The quantitative estimate of drug-likeness (QED) is 0.788. The molecule has 1 atom stereocenters. The van der Waals surface area contributed by atoms with E-state index in [0.29, 0.717) is 6.61 Å². The Labute approximate surface area is 110 Å². The van der Waals surface area contributed by atoms with Gasteiger partial charge in [0.1, 0.15) is 6.61 Å². The molecule has 1 rings (SSSR count). The minimum atomic E-state index is 0.143. The van der Waals surface area contributed by atoms with Gasteiger partial charge in [0, 0.05) is 6.04 Å². The number of allylic oxidation sites excluding steroid dienone is 1. The van der Waals surface area contributed by atoms with E-state index < -0.39 is 0 Å². The van der Waals surface area contributed by atoms with Crippen LogP contribution in [0.4, 0.5) is 0 Å². The monoisotopic (exact) mass is 249 g/mol. The maximum absolute atomic E-state index is 5.80. The largest absolute Gasteiger partial charge is 0.493 e. The summed E-state index contributed by atoms with van der Waals surface area (Å²) < 4.78 is 11.0. The number of methoxy groups -OCH3 is 1. The van der Waals surface area contributed by atoms with Crippen molar-refractivity contribution in [2.24, 2.45) is 5.73 Å². The summed E-state index contributed by atoms with van der Waals surface area (Å²) in [5, 5.41) is 0. The molecule has 0 saturated carbocycles. The van der Waals surface area contributed by atoms with Gasteiger partial charge < -0.3 is 15.2 Å². The number of hydrogen-bond acceptors (Lipinski definition) is 3. The van der Waals surface area contributed by atoms with Crippen molar-refractivity contribution < 1.29 is 9.47 Å². The van der Waals surface area contributed by atoms with Gasteiger partial charge in [-0.3, -0.25) is 0 Å². The van der Waals surface area contributed by atoms with E-state index in [9.17, 15) is 0 Å². The fraction of sp³-hybridized carbons (Fsp3) is 0.467. The highest BCUT2D eigenvalue weighted by molar-refractivity contribution is 5.43. The molecule has 0 saturated heterocycles. The van der Waals surface area contributed by atoms with E-state index in [1.165, 1.54) is 5.57 Å².